The van der Waals surface area contributed by atoms with E-state index in [4.69, 9.17) is 16.6 Å². The van der Waals surface area contributed by atoms with Crippen LogP contribution in [0.1, 0.15) is 5.69 Å². The molecule has 1 aromatic carbocycles. The van der Waals surface area contributed by atoms with Gasteiger partial charge in [0.2, 0.25) is 0 Å². The highest BCUT2D eigenvalue weighted by Crippen LogP contribution is 2.36. The van der Waals surface area contributed by atoms with Crippen LogP contribution in [0.5, 0.6) is 0 Å². The summed E-state index contributed by atoms with van der Waals surface area (Å²) in [6.07, 6.45) is 0. The number of hydrogen-bond donors (Lipinski definition) is 1. The maximum atomic E-state index is 6.21. The number of benzene rings is 1. The van der Waals surface area contributed by atoms with Gasteiger partial charge in [0.1, 0.15) is 5.82 Å². The number of halogens is 1. The third kappa shape index (κ3) is 2.69. The maximum Gasteiger partial charge on any atom is 0.133 e. The van der Waals surface area contributed by atoms with Crippen molar-refractivity contribution in [2.45, 2.75) is 6.54 Å². The summed E-state index contributed by atoms with van der Waals surface area (Å²) in [5.41, 5.74) is 3.31. The second kappa shape index (κ2) is 5.92. The van der Waals surface area contributed by atoms with E-state index in [9.17, 15) is 0 Å². The van der Waals surface area contributed by atoms with E-state index >= 15 is 0 Å². The molecule has 0 bridgehead atoms. The first-order valence-corrected chi connectivity index (χ1v) is 7.46. The van der Waals surface area contributed by atoms with Crippen molar-refractivity contribution in [2.24, 2.45) is 0 Å². The zero-order chi connectivity index (χ0) is 14.8. The van der Waals surface area contributed by atoms with Crippen LogP contribution in [0.2, 0.25) is 5.02 Å². The van der Waals surface area contributed by atoms with Crippen molar-refractivity contribution in [1.29, 1.82) is 0 Å². The van der Waals surface area contributed by atoms with Crippen molar-refractivity contribution in [3.8, 4) is 0 Å². The van der Waals surface area contributed by atoms with Crippen LogP contribution < -0.4 is 15.1 Å². The number of para-hydroxylation sites is 2. The number of fused-ring (bicyclic) bond motifs is 1. The highest BCUT2D eigenvalue weighted by Gasteiger charge is 2.22. The quantitative estimate of drug-likeness (QED) is 0.944. The summed E-state index contributed by atoms with van der Waals surface area (Å²) < 4.78 is 0. The summed E-state index contributed by atoms with van der Waals surface area (Å²) in [6, 6.07) is 12.3. The molecule has 0 radical (unpaired) electrons. The second-order valence-corrected chi connectivity index (χ2v) is 5.60. The van der Waals surface area contributed by atoms with Gasteiger partial charge < -0.3 is 15.1 Å². The summed E-state index contributed by atoms with van der Waals surface area (Å²) in [7, 11) is 4.02. The minimum absolute atomic E-state index is 0.669. The van der Waals surface area contributed by atoms with Gasteiger partial charge in [-0.2, -0.15) is 0 Å². The summed E-state index contributed by atoms with van der Waals surface area (Å²) in [4.78, 5) is 9.25. The fraction of sp³-hybridized carbons (Fsp3) is 0.312. The van der Waals surface area contributed by atoms with Gasteiger partial charge in [-0.1, -0.05) is 23.7 Å². The Labute approximate surface area is 130 Å². The summed E-state index contributed by atoms with van der Waals surface area (Å²) in [6.45, 7) is 2.56. The molecule has 0 aliphatic carbocycles. The molecule has 1 aromatic heterocycles. The number of nitrogens with zero attached hydrogens (tertiary/aromatic N) is 3. The lowest BCUT2D eigenvalue weighted by Crippen LogP contribution is -2.36. The van der Waals surface area contributed by atoms with Crippen molar-refractivity contribution in [2.75, 3.05) is 37.0 Å². The molecule has 0 spiro atoms. The van der Waals surface area contributed by atoms with Gasteiger partial charge in [0.05, 0.1) is 22.1 Å². The average Bonchev–Trinajstić information content (AvgIpc) is 2.51. The normalized spacial score (nSPS) is 14.2. The van der Waals surface area contributed by atoms with Gasteiger partial charge in [0.25, 0.3) is 0 Å². The van der Waals surface area contributed by atoms with Gasteiger partial charge in [0, 0.05) is 26.7 Å². The maximum absolute atomic E-state index is 6.21. The second-order valence-electron chi connectivity index (χ2n) is 5.19. The molecule has 1 aliphatic heterocycles. The third-order valence-electron chi connectivity index (χ3n) is 3.77. The minimum atomic E-state index is 0.669. The van der Waals surface area contributed by atoms with E-state index in [-0.39, 0.29) is 0 Å². The number of pyridine rings is 1. The predicted octanol–water partition coefficient (Wildman–Crippen LogP) is 3.04. The predicted molar refractivity (Wildman–Crippen MR) is 88.7 cm³/mol. The summed E-state index contributed by atoms with van der Waals surface area (Å²) in [5.74, 6) is 0.949. The fourth-order valence-corrected chi connectivity index (χ4v) is 2.83. The zero-order valence-electron chi connectivity index (χ0n) is 12.3. The summed E-state index contributed by atoms with van der Waals surface area (Å²) in [5, 5.41) is 3.81. The van der Waals surface area contributed by atoms with Crippen LogP contribution in [-0.2, 0) is 6.54 Å². The largest absolute Gasteiger partial charge is 0.371 e. The Balaban J connectivity index is 2.01. The number of hydrogen-bond acceptors (Lipinski definition) is 4. The average molecular weight is 303 g/mol. The number of anilines is 3. The van der Waals surface area contributed by atoms with E-state index in [0.717, 1.165) is 24.6 Å². The lowest BCUT2D eigenvalue weighted by Gasteiger charge is -2.36. The van der Waals surface area contributed by atoms with Gasteiger partial charge >= 0.3 is 0 Å². The fourth-order valence-electron chi connectivity index (χ4n) is 2.66. The van der Waals surface area contributed by atoms with Gasteiger partial charge in [-0.3, -0.25) is 0 Å². The first-order chi connectivity index (χ1) is 10.2. The van der Waals surface area contributed by atoms with Crippen molar-refractivity contribution < 1.29 is 0 Å². The van der Waals surface area contributed by atoms with Crippen LogP contribution in [-0.4, -0.2) is 32.2 Å². The van der Waals surface area contributed by atoms with E-state index in [2.05, 4.69) is 46.4 Å². The lowest BCUT2D eigenvalue weighted by atomic mass is 10.1. The molecule has 0 atom stereocenters. The Kier molecular flexibility index (Phi) is 3.99. The van der Waals surface area contributed by atoms with E-state index < -0.39 is 0 Å². The molecule has 1 aliphatic rings. The van der Waals surface area contributed by atoms with E-state index in [1.54, 1.807) is 0 Å². The number of aromatic nitrogens is 1. The Bertz CT molecular complexity index is 644. The number of likely N-dealkylation sites (N-methyl/N-ethyl adjacent to an activating group) is 1. The molecule has 4 nitrogen and oxygen atoms in total. The smallest absolute Gasteiger partial charge is 0.133 e. The molecular weight excluding hydrogens is 284 g/mol. The van der Waals surface area contributed by atoms with Crippen LogP contribution in [0.3, 0.4) is 0 Å². The third-order valence-corrected chi connectivity index (χ3v) is 4.11. The van der Waals surface area contributed by atoms with E-state index in [1.165, 1.54) is 11.4 Å². The van der Waals surface area contributed by atoms with Crippen molar-refractivity contribution >= 4 is 28.8 Å². The van der Waals surface area contributed by atoms with Gasteiger partial charge in [-0.05, 0) is 31.3 Å². The Morgan fingerprint density at radius 3 is 2.67 bits per heavy atom. The molecule has 0 saturated carbocycles. The lowest BCUT2D eigenvalue weighted by molar-refractivity contribution is 0.777. The monoisotopic (exact) mass is 302 g/mol. The number of nitrogens with one attached hydrogen (secondary N) is 1. The van der Waals surface area contributed by atoms with Crippen LogP contribution in [0, 0.1) is 0 Å². The Morgan fingerprint density at radius 2 is 1.90 bits per heavy atom. The van der Waals surface area contributed by atoms with Crippen LogP contribution >= 0.6 is 11.6 Å². The van der Waals surface area contributed by atoms with Gasteiger partial charge in [0.15, 0.2) is 0 Å². The molecule has 3 rings (SSSR count). The molecule has 0 fully saturated rings. The zero-order valence-corrected chi connectivity index (χ0v) is 13.1. The molecule has 0 saturated heterocycles. The highest BCUT2D eigenvalue weighted by atomic mass is 35.5. The molecule has 21 heavy (non-hydrogen) atoms. The molecule has 2 aromatic rings. The van der Waals surface area contributed by atoms with Crippen molar-refractivity contribution in [3.05, 3.63) is 47.1 Å². The first kappa shape index (κ1) is 14.2. The molecular formula is C16H19ClN4. The Morgan fingerprint density at radius 1 is 1.14 bits per heavy atom. The Hall–Kier alpha value is -1.78. The van der Waals surface area contributed by atoms with Crippen molar-refractivity contribution in [1.82, 2.24) is 10.3 Å². The van der Waals surface area contributed by atoms with Crippen LogP contribution in [0.15, 0.2) is 36.4 Å². The molecule has 5 heteroatoms. The number of rotatable bonds is 3. The van der Waals surface area contributed by atoms with Crippen molar-refractivity contribution in [3.63, 3.8) is 0 Å². The molecule has 2 heterocycles. The topological polar surface area (TPSA) is 31.4 Å². The SMILES string of the molecule is CNCc1nc(N2CCN(C)c3ccccc32)ccc1Cl. The standard InChI is InChI=1S/C16H19ClN4/c1-18-11-13-12(17)7-8-16(19-13)21-10-9-20(2)14-5-3-4-6-15(14)21/h3-8,18H,9-11H2,1-2H3. The molecule has 0 unspecified atom stereocenters. The first-order valence-electron chi connectivity index (χ1n) is 7.08. The molecule has 1 N–H and O–H groups in total. The summed E-state index contributed by atoms with van der Waals surface area (Å²) >= 11 is 6.21. The van der Waals surface area contributed by atoms with E-state index in [1.807, 2.05) is 19.2 Å². The molecule has 110 valence electrons. The van der Waals surface area contributed by atoms with Crippen LogP contribution in [0.4, 0.5) is 17.2 Å². The van der Waals surface area contributed by atoms with Gasteiger partial charge in [-0.15, -0.1) is 0 Å². The molecule has 0 amide bonds. The van der Waals surface area contributed by atoms with E-state index in [0.29, 0.717) is 11.6 Å². The van der Waals surface area contributed by atoms with Gasteiger partial charge in [-0.25, -0.2) is 4.98 Å². The highest BCUT2D eigenvalue weighted by molar-refractivity contribution is 6.31. The van der Waals surface area contributed by atoms with Crippen LogP contribution in [0.25, 0.3) is 0 Å². The minimum Gasteiger partial charge on any atom is -0.371 e.